The van der Waals surface area contributed by atoms with Crippen LogP contribution in [0.3, 0.4) is 0 Å². The Hall–Kier alpha value is -3.27. The van der Waals surface area contributed by atoms with Gasteiger partial charge in [0.2, 0.25) is 5.91 Å². The van der Waals surface area contributed by atoms with Gasteiger partial charge in [-0.05, 0) is 6.92 Å². The monoisotopic (exact) mass is 625 g/mol. The maximum absolute atomic E-state index is 13.1. The molecule has 220 valence electrons. The van der Waals surface area contributed by atoms with Crippen LogP contribution < -0.4 is 5.32 Å². The third-order valence-corrected chi connectivity index (χ3v) is 6.48. The molecule has 1 amide bonds. The van der Waals surface area contributed by atoms with Crippen molar-refractivity contribution in [1.82, 2.24) is 5.32 Å². The van der Waals surface area contributed by atoms with Crippen LogP contribution in [0.15, 0.2) is 0 Å². The summed E-state index contributed by atoms with van der Waals surface area (Å²) >= 11 is 3.19. The summed E-state index contributed by atoms with van der Waals surface area (Å²) in [5, 5.41) is 2.53. The fraction of sp³-hybridized carbons (Fsp3) is 0.696. The summed E-state index contributed by atoms with van der Waals surface area (Å²) in [7, 11) is 0.959. The molecule has 0 aromatic carbocycles. The summed E-state index contributed by atoms with van der Waals surface area (Å²) < 4.78 is 37.4. The molecule has 0 saturated carbocycles. The lowest BCUT2D eigenvalue weighted by atomic mass is 9.78. The maximum Gasteiger partial charge on any atom is 0.381 e. The van der Waals surface area contributed by atoms with Crippen molar-refractivity contribution in [2.75, 3.05) is 13.7 Å². The van der Waals surface area contributed by atoms with E-state index < -0.39 is 88.9 Å². The van der Waals surface area contributed by atoms with E-state index in [1.807, 2.05) is 0 Å². The molecule has 0 radical (unpaired) electrons. The van der Waals surface area contributed by atoms with E-state index in [9.17, 15) is 33.6 Å². The molecule has 1 fully saturated rings. The van der Waals surface area contributed by atoms with Gasteiger partial charge in [0.1, 0.15) is 23.1 Å². The fourth-order valence-electron chi connectivity index (χ4n) is 4.12. The third kappa shape index (κ3) is 8.36. The average Bonchev–Trinajstić information content (AvgIpc) is 2.78. The van der Waals surface area contributed by atoms with Gasteiger partial charge < -0.3 is 38.5 Å². The van der Waals surface area contributed by atoms with E-state index >= 15 is 0 Å². The highest BCUT2D eigenvalue weighted by molar-refractivity contribution is 9.09. The Morgan fingerprint density at radius 1 is 0.872 bits per heavy atom. The van der Waals surface area contributed by atoms with Crippen molar-refractivity contribution in [2.24, 2.45) is 0 Å². The van der Waals surface area contributed by atoms with E-state index in [0.29, 0.717) is 0 Å². The summed E-state index contributed by atoms with van der Waals surface area (Å²) in [6, 6.07) is -1.48. The molecule has 1 aliphatic rings. The number of hydrogen-bond donors (Lipinski definition) is 1. The SMILES string of the molecule is COC(=O)[C@@]1(OC(C)=O)O[C@@](C)([C@H](OC(C)=O)[C@@H](COC(C)=O)OC(C)=O)[C@H](NC(C)=O)[C@@H](OC(C)=O)[C@H]1Br. The molecule has 1 aliphatic heterocycles. The Morgan fingerprint density at radius 2 is 1.44 bits per heavy atom. The molecule has 1 saturated heterocycles. The summed E-state index contributed by atoms with van der Waals surface area (Å²) in [6.07, 6.45) is -4.95. The summed E-state index contributed by atoms with van der Waals surface area (Å²) in [5.41, 5.74) is -2.22. The van der Waals surface area contributed by atoms with Crippen LogP contribution in [0.5, 0.6) is 0 Å². The van der Waals surface area contributed by atoms with Crippen molar-refractivity contribution in [3.05, 3.63) is 0 Å². The standard InChI is InChI=1S/C23H32BrNO14/c1-10(26)25-19-17(36-13(4)29)18(24)23(21(32)33-8,38-15(6)31)39-22(19,7)20(37-14(5)30)16(35-12(3)28)9-34-11(2)27/h16-20H,9H2,1-8H3,(H,25,26)/t16-,17+,18-,19-,20-,22-,23+/m1/s1. The summed E-state index contributed by atoms with van der Waals surface area (Å²) in [4.78, 5) is 84.1. The Morgan fingerprint density at radius 3 is 1.85 bits per heavy atom. The second-order valence-corrected chi connectivity index (χ2v) is 9.66. The number of ether oxygens (including phenoxy) is 7. The van der Waals surface area contributed by atoms with Gasteiger partial charge in [-0.15, -0.1) is 0 Å². The number of halogens is 1. The number of carbonyl (C=O) groups excluding carboxylic acids is 7. The number of amides is 1. The number of carbonyl (C=O) groups is 7. The Labute approximate surface area is 232 Å². The molecule has 16 heteroatoms. The quantitative estimate of drug-likeness (QED) is 0.191. The molecule has 15 nitrogen and oxygen atoms in total. The number of rotatable bonds is 10. The Balaban J connectivity index is 4.09. The van der Waals surface area contributed by atoms with Gasteiger partial charge in [-0.25, -0.2) is 4.79 Å². The van der Waals surface area contributed by atoms with E-state index in [4.69, 9.17) is 33.2 Å². The second kappa shape index (κ2) is 13.7. The summed E-state index contributed by atoms with van der Waals surface area (Å²) in [6.45, 7) is 6.74. The smallest absolute Gasteiger partial charge is 0.381 e. The van der Waals surface area contributed by atoms with Crippen molar-refractivity contribution in [2.45, 2.75) is 89.0 Å². The largest absolute Gasteiger partial charge is 0.464 e. The zero-order valence-electron chi connectivity index (χ0n) is 22.7. The van der Waals surface area contributed by atoms with E-state index in [0.717, 1.165) is 48.7 Å². The fourth-order valence-corrected chi connectivity index (χ4v) is 4.91. The maximum atomic E-state index is 13.1. The first-order valence-electron chi connectivity index (χ1n) is 11.5. The predicted molar refractivity (Wildman–Crippen MR) is 130 cm³/mol. The molecule has 7 atom stereocenters. The van der Waals surface area contributed by atoms with Crippen molar-refractivity contribution >= 4 is 57.7 Å². The topological polar surface area (TPSA) is 196 Å². The highest BCUT2D eigenvalue weighted by atomic mass is 79.9. The van der Waals surface area contributed by atoms with Gasteiger partial charge in [-0.2, -0.15) is 0 Å². The molecular formula is C23H32BrNO14. The first kappa shape index (κ1) is 33.8. The van der Waals surface area contributed by atoms with Gasteiger partial charge in [0.05, 0.1) is 13.2 Å². The zero-order chi connectivity index (χ0) is 30.3. The van der Waals surface area contributed by atoms with Crippen LogP contribution in [-0.2, 0) is 66.7 Å². The number of hydrogen-bond acceptors (Lipinski definition) is 14. The molecule has 0 unspecified atom stereocenters. The van der Waals surface area contributed by atoms with Crippen molar-refractivity contribution in [3.8, 4) is 0 Å². The van der Waals surface area contributed by atoms with Crippen molar-refractivity contribution < 1.29 is 66.7 Å². The van der Waals surface area contributed by atoms with Gasteiger partial charge in [0.15, 0.2) is 12.2 Å². The van der Waals surface area contributed by atoms with Gasteiger partial charge in [-0.3, -0.25) is 28.8 Å². The van der Waals surface area contributed by atoms with Gasteiger partial charge in [0.25, 0.3) is 0 Å². The minimum Gasteiger partial charge on any atom is -0.464 e. The predicted octanol–water partition coefficient (Wildman–Crippen LogP) is -0.166. The van der Waals surface area contributed by atoms with E-state index in [1.54, 1.807) is 0 Å². The molecule has 1 heterocycles. The van der Waals surface area contributed by atoms with Gasteiger partial charge >= 0.3 is 41.6 Å². The summed E-state index contributed by atoms with van der Waals surface area (Å²) in [5.74, 6) is -9.22. The molecule has 0 aromatic heterocycles. The molecular weight excluding hydrogens is 594 g/mol. The molecule has 39 heavy (non-hydrogen) atoms. The highest BCUT2D eigenvalue weighted by Gasteiger charge is 2.70. The van der Waals surface area contributed by atoms with Crippen molar-refractivity contribution in [1.29, 1.82) is 0 Å². The minimum atomic E-state index is -2.70. The molecule has 0 bridgehead atoms. The van der Waals surface area contributed by atoms with E-state index in [1.165, 1.54) is 6.92 Å². The van der Waals surface area contributed by atoms with E-state index in [-0.39, 0.29) is 0 Å². The number of alkyl halides is 1. The number of methoxy groups -OCH3 is 1. The lowest BCUT2D eigenvalue weighted by molar-refractivity contribution is -0.330. The molecule has 1 N–H and O–H groups in total. The van der Waals surface area contributed by atoms with E-state index in [2.05, 4.69) is 21.2 Å². The molecule has 0 spiro atoms. The normalized spacial score (nSPS) is 27.6. The van der Waals surface area contributed by atoms with Crippen LogP contribution in [-0.4, -0.2) is 96.0 Å². The highest BCUT2D eigenvalue weighted by Crippen LogP contribution is 2.46. The zero-order valence-corrected chi connectivity index (χ0v) is 24.3. The number of esters is 6. The first-order valence-corrected chi connectivity index (χ1v) is 12.4. The Kier molecular flexibility index (Phi) is 11.8. The average molecular weight is 626 g/mol. The third-order valence-electron chi connectivity index (χ3n) is 5.36. The van der Waals surface area contributed by atoms with Gasteiger partial charge in [-0.1, -0.05) is 15.9 Å². The Bertz CT molecular complexity index is 1000. The molecule has 0 aliphatic carbocycles. The van der Waals surface area contributed by atoms with Crippen LogP contribution in [0.25, 0.3) is 0 Å². The first-order chi connectivity index (χ1) is 17.9. The lowest BCUT2D eigenvalue weighted by Gasteiger charge is -2.55. The van der Waals surface area contributed by atoms with Crippen LogP contribution >= 0.6 is 15.9 Å². The van der Waals surface area contributed by atoms with Crippen LogP contribution in [0, 0.1) is 0 Å². The van der Waals surface area contributed by atoms with Crippen LogP contribution in [0.1, 0.15) is 48.5 Å². The molecule has 0 aromatic rings. The van der Waals surface area contributed by atoms with Crippen molar-refractivity contribution in [3.63, 3.8) is 0 Å². The lowest BCUT2D eigenvalue weighted by Crippen LogP contribution is -2.79. The van der Waals surface area contributed by atoms with Crippen LogP contribution in [0.4, 0.5) is 0 Å². The van der Waals surface area contributed by atoms with Gasteiger partial charge in [0, 0.05) is 41.5 Å². The second-order valence-electron chi connectivity index (χ2n) is 8.67. The molecule has 1 rings (SSSR count). The van der Waals surface area contributed by atoms with Crippen LogP contribution in [0.2, 0.25) is 0 Å². The minimum absolute atomic E-state index is 0.673. The number of nitrogens with one attached hydrogen (secondary N) is 1.